The van der Waals surface area contributed by atoms with E-state index in [1.807, 2.05) is 6.07 Å². The van der Waals surface area contributed by atoms with Crippen LogP contribution in [0, 0.1) is 5.82 Å². The molecule has 0 atom stereocenters. The van der Waals surface area contributed by atoms with Crippen LogP contribution in [-0.4, -0.2) is 51.1 Å². The molecule has 1 aromatic carbocycles. The van der Waals surface area contributed by atoms with Crippen molar-refractivity contribution in [3.63, 3.8) is 0 Å². The number of anilines is 1. The Labute approximate surface area is 151 Å². The minimum Gasteiger partial charge on any atom is -0.362 e. The predicted octanol–water partition coefficient (Wildman–Crippen LogP) is 0.889. The van der Waals surface area contributed by atoms with Gasteiger partial charge in [0.25, 0.3) is 0 Å². The largest absolute Gasteiger partial charge is 0.362 e. The zero-order chi connectivity index (χ0) is 17.8. The quantitative estimate of drug-likeness (QED) is 0.686. The van der Waals surface area contributed by atoms with Gasteiger partial charge in [-0.2, -0.15) is 0 Å². The molecular weight excluding hydrogens is 333 g/mol. The lowest BCUT2D eigenvalue weighted by molar-refractivity contribution is -0.903. The van der Waals surface area contributed by atoms with Gasteiger partial charge in [-0.3, -0.25) is 0 Å². The molecule has 0 spiro atoms. The fourth-order valence-corrected chi connectivity index (χ4v) is 3.47. The van der Waals surface area contributed by atoms with Gasteiger partial charge in [0.2, 0.25) is 0 Å². The van der Waals surface area contributed by atoms with Gasteiger partial charge in [-0.25, -0.2) is 19.0 Å². The number of benzene rings is 1. The van der Waals surface area contributed by atoms with Crippen molar-refractivity contribution in [2.45, 2.75) is 25.8 Å². The number of hydrogen-bond acceptors (Lipinski definition) is 5. The third-order valence-electron chi connectivity index (χ3n) is 4.91. The molecule has 136 valence electrons. The molecule has 8 heteroatoms. The van der Waals surface area contributed by atoms with Gasteiger partial charge >= 0.3 is 0 Å². The van der Waals surface area contributed by atoms with Crippen LogP contribution in [0.2, 0.25) is 0 Å². The summed E-state index contributed by atoms with van der Waals surface area (Å²) in [6, 6.07) is 6.67. The maximum atomic E-state index is 13.9. The second kappa shape index (κ2) is 7.74. The van der Waals surface area contributed by atoms with Gasteiger partial charge in [0.1, 0.15) is 12.1 Å². The zero-order valence-electron chi connectivity index (χ0n) is 14.7. The summed E-state index contributed by atoms with van der Waals surface area (Å²) >= 11 is 0. The van der Waals surface area contributed by atoms with Gasteiger partial charge in [0.15, 0.2) is 17.0 Å². The smallest absolute Gasteiger partial charge is 0.184 e. The lowest BCUT2D eigenvalue weighted by Gasteiger charge is -2.23. The van der Waals surface area contributed by atoms with E-state index in [1.54, 1.807) is 21.7 Å². The molecule has 0 bridgehead atoms. The number of likely N-dealkylation sites (tertiary alicyclic amines) is 1. The number of nitrogens with zero attached hydrogens (tertiary/aromatic N) is 5. The van der Waals surface area contributed by atoms with Gasteiger partial charge in [-0.1, -0.05) is 23.4 Å². The maximum absolute atomic E-state index is 13.9. The average molecular weight is 356 g/mol. The zero-order valence-corrected chi connectivity index (χ0v) is 14.7. The van der Waals surface area contributed by atoms with Crippen LogP contribution >= 0.6 is 0 Å². The fourth-order valence-electron chi connectivity index (χ4n) is 3.47. The van der Waals surface area contributed by atoms with Gasteiger partial charge < -0.3 is 10.2 Å². The molecule has 0 saturated carbocycles. The number of quaternary nitrogens is 1. The predicted molar refractivity (Wildman–Crippen MR) is 96.5 cm³/mol. The first-order valence-electron chi connectivity index (χ1n) is 9.16. The molecule has 26 heavy (non-hydrogen) atoms. The van der Waals surface area contributed by atoms with E-state index in [0.29, 0.717) is 22.5 Å². The second-order valence-electron chi connectivity index (χ2n) is 6.72. The number of rotatable bonds is 6. The van der Waals surface area contributed by atoms with Crippen LogP contribution in [0.3, 0.4) is 0 Å². The summed E-state index contributed by atoms with van der Waals surface area (Å²) < 4.78 is 15.5. The van der Waals surface area contributed by atoms with Crippen molar-refractivity contribution < 1.29 is 9.29 Å². The van der Waals surface area contributed by atoms with Gasteiger partial charge in [0, 0.05) is 5.56 Å². The summed E-state index contributed by atoms with van der Waals surface area (Å²) in [5.41, 5.74) is 1.79. The van der Waals surface area contributed by atoms with Crippen LogP contribution in [-0.2, 0) is 6.54 Å². The van der Waals surface area contributed by atoms with Crippen LogP contribution in [0.4, 0.5) is 10.2 Å². The monoisotopic (exact) mass is 356 g/mol. The molecule has 1 fully saturated rings. The molecule has 1 aliphatic heterocycles. The number of nitrogens with one attached hydrogen (secondary N) is 2. The number of aromatic nitrogens is 5. The van der Waals surface area contributed by atoms with Crippen LogP contribution < -0.4 is 10.2 Å². The van der Waals surface area contributed by atoms with Gasteiger partial charge in [-0.05, 0) is 25.3 Å². The molecule has 3 heterocycles. The van der Waals surface area contributed by atoms with Gasteiger partial charge in [-0.15, -0.1) is 5.10 Å². The van der Waals surface area contributed by atoms with E-state index in [2.05, 4.69) is 25.6 Å². The Hall–Kier alpha value is -2.61. The Morgan fingerprint density at radius 2 is 1.96 bits per heavy atom. The van der Waals surface area contributed by atoms with Crippen LogP contribution in [0.5, 0.6) is 0 Å². The molecule has 4 rings (SSSR count). The summed E-state index contributed by atoms with van der Waals surface area (Å²) in [7, 11) is 0. The Kier molecular flexibility index (Phi) is 5.01. The Balaban J connectivity index is 1.47. The third kappa shape index (κ3) is 3.65. The van der Waals surface area contributed by atoms with Crippen LogP contribution in [0.25, 0.3) is 11.2 Å². The van der Waals surface area contributed by atoms with Crippen molar-refractivity contribution in [3.05, 3.63) is 42.0 Å². The molecule has 2 N–H and O–H groups in total. The van der Waals surface area contributed by atoms with Gasteiger partial charge in [0.05, 0.1) is 32.7 Å². The van der Waals surface area contributed by atoms with Crippen molar-refractivity contribution in [2.24, 2.45) is 0 Å². The highest BCUT2D eigenvalue weighted by atomic mass is 19.1. The minimum atomic E-state index is -0.256. The normalized spacial score (nSPS) is 15.4. The molecule has 1 aliphatic rings. The van der Waals surface area contributed by atoms with E-state index in [1.165, 1.54) is 44.7 Å². The number of halogens is 1. The molecule has 0 radical (unpaired) electrons. The molecule has 0 unspecified atom stereocenters. The highest BCUT2D eigenvalue weighted by Gasteiger charge is 2.15. The topological polar surface area (TPSA) is 73.0 Å². The first-order valence-corrected chi connectivity index (χ1v) is 9.16. The van der Waals surface area contributed by atoms with Crippen LogP contribution in [0.15, 0.2) is 30.6 Å². The van der Waals surface area contributed by atoms with Crippen molar-refractivity contribution >= 4 is 17.0 Å². The summed E-state index contributed by atoms with van der Waals surface area (Å²) in [6.45, 7) is 4.69. The summed E-state index contributed by atoms with van der Waals surface area (Å²) in [4.78, 5) is 10.2. The highest BCUT2D eigenvalue weighted by Crippen LogP contribution is 2.17. The van der Waals surface area contributed by atoms with E-state index >= 15 is 0 Å². The number of fused-ring (bicyclic) bond motifs is 1. The standard InChI is InChI=1S/C18H22FN7/c19-15-7-3-2-6-14(15)12-26-18-16(23-24-26)17(21-13-22-18)20-8-11-25-9-4-1-5-10-25/h2-3,6-7,13H,1,4-5,8-12H2,(H,20,21,22)/p+1. The molecule has 7 nitrogen and oxygen atoms in total. The fraction of sp³-hybridized carbons (Fsp3) is 0.444. The van der Waals surface area contributed by atoms with Crippen molar-refractivity contribution in [1.82, 2.24) is 25.0 Å². The highest BCUT2D eigenvalue weighted by molar-refractivity contribution is 5.81. The van der Waals surface area contributed by atoms with E-state index in [4.69, 9.17) is 0 Å². The number of piperidine rings is 1. The van der Waals surface area contributed by atoms with E-state index in [9.17, 15) is 4.39 Å². The maximum Gasteiger partial charge on any atom is 0.184 e. The lowest BCUT2D eigenvalue weighted by Crippen LogP contribution is -3.13. The lowest BCUT2D eigenvalue weighted by atomic mass is 10.1. The molecule has 1 saturated heterocycles. The number of hydrogen-bond donors (Lipinski definition) is 2. The molecule has 0 aliphatic carbocycles. The minimum absolute atomic E-state index is 0.256. The third-order valence-corrected chi connectivity index (χ3v) is 4.91. The summed E-state index contributed by atoms with van der Waals surface area (Å²) in [6.07, 6.45) is 5.49. The molecule has 0 amide bonds. The molecule has 2 aromatic heterocycles. The SMILES string of the molecule is Fc1ccccc1Cn1nnc2c(NCC[NH+]3CCCCC3)ncnc21. The Bertz CT molecular complexity index is 873. The first kappa shape index (κ1) is 16.8. The van der Waals surface area contributed by atoms with Crippen LogP contribution in [0.1, 0.15) is 24.8 Å². The molecular formula is C18H23FN7+. The van der Waals surface area contributed by atoms with E-state index in [0.717, 1.165) is 13.1 Å². The van der Waals surface area contributed by atoms with E-state index < -0.39 is 0 Å². The average Bonchev–Trinajstić information content (AvgIpc) is 3.08. The first-order chi connectivity index (χ1) is 12.8. The molecule has 3 aromatic rings. The second-order valence-corrected chi connectivity index (χ2v) is 6.72. The Morgan fingerprint density at radius 3 is 2.81 bits per heavy atom. The van der Waals surface area contributed by atoms with Crippen molar-refractivity contribution in [1.29, 1.82) is 0 Å². The van der Waals surface area contributed by atoms with Crippen molar-refractivity contribution in [3.8, 4) is 0 Å². The summed E-state index contributed by atoms with van der Waals surface area (Å²) in [5, 5.41) is 11.7. The van der Waals surface area contributed by atoms with Crippen molar-refractivity contribution in [2.75, 3.05) is 31.5 Å². The van der Waals surface area contributed by atoms with E-state index in [-0.39, 0.29) is 12.4 Å². The Morgan fingerprint density at radius 1 is 1.12 bits per heavy atom. The summed E-state index contributed by atoms with van der Waals surface area (Å²) in [5.74, 6) is 0.430.